The average Bonchev–Trinajstić information content (AvgIpc) is 3.60. The van der Waals surface area contributed by atoms with Crippen LogP contribution in [0.3, 0.4) is 0 Å². The number of esters is 1. The minimum Gasteiger partial charge on any atom is -0.493 e. The molecule has 0 saturated carbocycles. The summed E-state index contributed by atoms with van der Waals surface area (Å²) in [6.07, 6.45) is 3.63. The summed E-state index contributed by atoms with van der Waals surface area (Å²) in [5.74, 6) is 0.418. The van der Waals surface area contributed by atoms with Crippen molar-refractivity contribution in [1.29, 1.82) is 0 Å². The Bertz CT molecular complexity index is 1790. The standard InChI is InChI=1S/C31H27N3O8/c1-38-23-12-19-22(15-26(23)42-31(37)18-4-2-5-32-16-18)30(36)34(7-3-6-33-8-10-39-11-9-33)28-20-13-24-25(41-17-40-24)14-21(20)29(35)27(19)28/h2,4-5,12-16H,3,6-11,17H2,1H3. The smallest absolute Gasteiger partial charge is 0.345 e. The molecule has 3 aliphatic rings. The van der Waals surface area contributed by atoms with Crippen LogP contribution in [0.4, 0.5) is 0 Å². The van der Waals surface area contributed by atoms with E-state index in [0.29, 0.717) is 65.4 Å². The molecule has 2 aromatic heterocycles. The fourth-order valence-electron chi connectivity index (χ4n) is 5.80. The first-order valence-corrected chi connectivity index (χ1v) is 13.7. The van der Waals surface area contributed by atoms with E-state index in [1.165, 1.54) is 19.4 Å². The molecule has 1 fully saturated rings. The maximum atomic E-state index is 14.2. The van der Waals surface area contributed by atoms with Crippen LogP contribution >= 0.6 is 0 Å². The Morgan fingerprint density at radius 3 is 2.48 bits per heavy atom. The molecule has 7 rings (SSSR count). The van der Waals surface area contributed by atoms with E-state index in [1.54, 1.807) is 41.1 Å². The van der Waals surface area contributed by atoms with Crippen molar-refractivity contribution in [1.82, 2.24) is 14.5 Å². The fourth-order valence-corrected chi connectivity index (χ4v) is 5.80. The van der Waals surface area contributed by atoms with E-state index in [4.69, 9.17) is 23.7 Å². The molecule has 0 amide bonds. The number of ketones is 1. The lowest BCUT2D eigenvalue weighted by Crippen LogP contribution is -2.37. The highest BCUT2D eigenvalue weighted by molar-refractivity contribution is 6.27. The largest absolute Gasteiger partial charge is 0.493 e. The van der Waals surface area contributed by atoms with Gasteiger partial charge >= 0.3 is 5.97 Å². The summed E-state index contributed by atoms with van der Waals surface area (Å²) in [7, 11) is 1.44. The Labute approximate surface area is 240 Å². The van der Waals surface area contributed by atoms with E-state index in [1.807, 2.05) is 0 Å². The molecule has 4 heterocycles. The zero-order valence-corrected chi connectivity index (χ0v) is 22.9. The summed E-state index contributed by atoms with van der Waals surface area (Å²) < 4.78 is 29.5. The quantitative estimate of drug-likeness (QED) is 0.213. The molecular formula is C31H27N3O8. The van der Waals surface area contributed by atoms with Gasteiger partial charge in [0.05, 0.1) is 42.5 Å². The molecule has 214 valence electrons. The molecule has 0 spiro atoms. The highest BCUT2D eigenvalue weighted by Gasteiger charge is 2.36. The monoisotopic (exact) mass is 569 g/mol. The number of fused-ring (bicyclic) bond motifs is 6. The van der Waals surface area contributed by atoms with Crippen LogP contribution in [0, 0.1) is 0 Å². The number of carbonyl (C=O) groups excluding carboxylic acids is 2. The van der Waals surface area contributed by atoms with E-state index in [0.717, 1.165) is 19.6 Å². The van der Waals surface area contributed by atoms with E-state index in [2.05, 4.69) is 9.88 Å². The Hall–Kier alpha value is -4.74. The van der Waals surface area contributed by atoms with Crippen LogP contribution in [0.25, 0.3) is 22.0 Å². The second-order valence-electron chi connectivity index (χ2n) is 10.2. The van der Waals surface area contributed by atoms with Gasteiger partial charge in [0, 0.05) is 55.1 Å². The number of morpholine rings is 1. The van der Waals surface area contributed by atoms with Crippen LogP contribution < -0.4 is 24.5 Å². The molecule has 11 heteroatoms. The van der Waals surface area contributed by atoms with Gasteiger partial charge in [0.1, 0.15) is 0 Å². The van der Waals surface area contributed by atoms with E-state index in [9.17, 15) is 14.4 Å². The summed E-state index contributed by atoms with van der Waals surface area (Å²) in [5, 5.41) is 0.664. The Balaban J connectivity index is 1.36. The molecule has 2 aliphatic heterocycles. The summed E-state index contributed by atoms with van der Waals surface area (Å²) >= 11 is 0. The molecule has 1 saturated heterocycles. The number of aromatic nitrogens is 2. The number of ether oxygens (including phenoxy) is 5. The highest BCUT2D eigenvalue weighted by Crippen LogP contribution is 2.47. The highest BCUT2D eigenvalue weighted by atomic mass is 16.7. The van der Waals surface area contributed by atoms with Gasteiger partial charge in [0.2, 0.25) is 6.79 Å². The maximum Gasteiger partial charge on any atom is 0.345 e. The molecule has 0 unspecified atom stereocenters. The second-order valence-corrected chi connectivity index (χ2v) is 10.2. The molecule has 11 nitrogen and oxygen atoms in total. The molecule has 2 aromatic carbocycles. The van der Waals surface area contributed by atoms with Gasteiger partial charge < -0.3 is 28.3 Å². The lowest BCUT2D eigenvalue weighted by molar-refractivity contribution is 0.0369. The lowest BCUT2D eigenvalue weighted by Gasteiger charge is -2.26. The van der Waals surface area contributed by atoms with Gasteiger partial charge in [-0.1, -0.05) is 0 Å². The summed E-state index contributed by atoms with van der Waals surface area (Å²) in [4.78, 5) is 47.3. The van der Waals surface area contributed by atoms with Crippen molar-refractivity contribution >= 4 is 22.5 Å². The third-order valence-corrected chi connectivity index (χ3v) is 7.85. The number of nitrogens with zero attached hydrogens (tertiary/aromatic N) is 3. The first kappa shape index (κ1) is 26.2. The average molecular weight is 570 g/mol. The number of hydrogen-bond donors (Lipinski definition) is 0. The van der Waals surface area contributed by atoms with Crippen molar-refractivity contribution < 1.29 is 33.3 Å². The number of methoxy groups -OCH3 is 1. The number of carbonyl (C=O) groups is 2. The van der Waals surface area contributed by atoms with Crippen LogP contribution in [0.15, 0.2) is 53.6 Å². The van der Waals surface area contributed by atoms with Crippen molar-refractivity contribution in [2.75, 3.05) is 46.8 Å². The molecule has 0 atom stereocenters. The fraction of sp³-hybridized carbons (Fsp3) is 0.290. The SMILES string of the molecule is COc1cc2c3c(n(CCCN4CCOCC4)c(=O)c2cc1OC(=O)c1cccnc1)-c1cc2c(cc1C3=O)OCO2. The second kappa shape index (κ2) is 10.6. The van der Waals surface area contributed by atoms with Crippen LogP contribution in [0.2, 0.25) is 0 Å². The Morgan fingerprint density at radius 1 is 0.976 bits per heavy atom. The van der Waals surface area contributed by atoms with Gasteiger partial charge in [-0.05, 0) is 42.8 Å². The first-order chi connectivity index (χ1) is 20.5. The molecule has 42 heavy (non-hydrogen) atoms. The Morgan fingerprint density at radius 2 is 1.74 bits per heavy atom. The van der Waals surface area contributed by atoms with Crippen molar-refractivity contribution in [3.05, 3.63) is 75.8 Å². The van der Waals surface area contributed by atoms with Gasteiger partial charge in [-0.3, -0.25) is 19.5 Å². The predicted molar refractivity (Wildman–Crippen MR) is 151 cm³/mol. The zero-order chi connectivity index (χ0) is 28.8. The van der Waals surface area contributed by atoms with Crippen molar-refractivity contribution in [3.63, 3.8) is 0 Å². The van der Waals surface area contributed by atoms with Gasteiger partial charge in [0.25, 0.3) is 5.56 Å². The van der Waals surface area contributed by atoms with E-state index < -0.39 is 5.97 Å². The van der Waals surface area contributed by atoms with Crippen LogP contribution in [-0.4, -0.2) is 73.0 Å². The van der Waals surface area contributed by atoms with Crippen LogP contribution in [0.1, 0.15) is 32.7 Å². The normalized spacial score (nSPS) is 15.5. The summed E-state index contributed by atoms with van der Waals surface area (Å²) in [6, 6.07) is 9.72. The number of pyridine rings is 2. The number of benzene rings is 2. The predicted octanol–water partition coefficient (Wildman–Crippen LogP) is 3.29. The Kier molecular flexibility index (Phi) is 6.60. The van der Waals surface area contributed by atoms with Crippen LogP contribution in [0.5, 0.6) is 23.0 Å². The van der Waals surface area contributed by atoms with Gasteiger partial charge in [-0.2, -0.15) is 0 Å². The molecular weight excluding hydrogens is 542 g/mol. The lowest BCUT2D eigenvalue weighted by atomic mass is 10.0. The van der Waals surface area contributed by atoms with E-state index in [-0.39, 0.29) is 40.6 Å². The van der Waals surface area contributed by atoms with Gasteiger partial charge in [0.15, 0.2) is 28.8 Å². The van der Waals surface area contributed by atoms with Crippen LogP contribution in [-0.2, 0) is 11.3 Å². The third kappa shape index (κ3) is 4.38. The molecule has 1 aliphatic carbocycles. The third-order valence-electron chi connectivity index (χ3n) is 7.85. The topological polar surface area (TPSA) is 118 Å². The van der Waals surface area contributed by atoms with Crippen molar-refractivity contribution in [3.8, 4) is 34.3 Å². The van der Waals surface area contributed by atoms with Gasteiger partial charge in [-0.25, -0.2) is 4.79 Å². The first-order valence-electron chi connectivity index (χ1n) is 13.7. The number of rotatable bonds is 7. The maximum absolute atomic E-state index is 14.2. The minimum absolute atomic E-state index is 0.0690. The summed E-state index contributed by atoms with van der Waals surface area (Å²) in [6.45, 7) is 4.27. The van der Waals surface area contributed by atoms with Gasteiger partial charge in [-0.15, -0.1) is 0 Å². The molecule has 0 N–H and O–H groups in total. The summed E-state index contributed by atoms with van der Waals surface area (Å²) in [5.41, 5.74) is 1.93. The number of hydrogen-bond acceptors (Lipinski definition) is 10. The van der Waals surface area contributed by atoms with Crippen molar-refractivity contribution in [2.24, 2.45) is 0 Å². The molecule has 4 aromatic rings. The molecule has 0 bridgehead atoms. The van der Waals surface area contributed by atoms with Crippen molar-refractivity contribution in [2.45, 2.75) is 13.0 Å². The molecule has 0 radical (unpaired) electrons. The zero-order valence-electron chi connectivity index (χ0n) is 22.9. The van der Waals surface area contributed by atoms with E-state index >= 15 is 0 Å². The minimum atomic E-state index is -0.647.